The van der Waals surface area contributed by atoms with Gasteiger partial charge >= 0.3 is 30.7 Å². The zero-order chi connectivity index (χ0) is 17.8. The average molecular weight is 352 g/mol. The summed E-state index contributed by atoms with van der Waals surface area (Å²) in [4.78, 5) is 41.9. The summed E-state index contributed by atoms with van der Waals surface area (Å²) >= 11 is 0. The third-order valence-corrected chi connectivity index (χ3v) is 5.23. The molecule has 2 aliphatic rings. The number of likely N-dealkylation sites (tertiary alicyclic amines) is 1. The normalized spacial score (nSPS) is 20.3. The minimum absolute atomic E-state index is 0. The van der Waals surface area contributed by atoms with Crippen molar-refractivity contribution in [1.29, 1.82) is 0 Å². The van der Waals surface area contributed by atoms with E-state index in [1.165, 1.54) is 31.3 Å². The van der Waals surface area contributed by atoms with Crippen LogP contribution in [0.25, 0.3) is 0 Å². The molecule has 1 aromatic rings. The van der Waals surface area contributed by atoms with Crippen LogP contribution in [0, 0.1) is 5.92 Å². The molecule has 1 saturated heterocycles. The molecular weight excluding hydrogens is 327 g/mol. The van der Waals surface area contributed by atoms with Crippen LogP contribution in [0.5, 0.6) is 0 Å². The van der Waals surface area contributed by atoms with E-state index in [1.807, 2.05) is 0 Å². The molecule has 1 aromatic heterocycles. The predicted molar refractivity (Wildman–Crippen MR) is 99.8 cm³/mol. The van der Waals surface area contributed by atoms with Gasteiger partial charge in [-0.2, -0.15) is 0 Å². The number of nitrogens with two attached hydrogens (primary N) is 1. The van der Waals surface area contributed by atoms with E-state index in [0.29, 0.717) is 18.2 Å². The molecule has 2 heterocycles. The number of primary amides is 1. The van der Waals surface area contributed by atoms with Crippen molar-refractivity contribution in [3.63, 3.8) is 0 Å². The number of aromatic nitrogens is 1. The van der Waals surface area contributed by atoms with Crippen LogP contribution in [-0.2, 0) is 9.59 Å². The summed E-state index contributed by atoms with van der Waals surface area (Å²) in [5.41, 5.74) is 5.69. The Hall–Kier alpha value is -1.84. The fourth-order valence-electron chi connectivity index (χ4n) is 4.00. The Bertz CT molecular complexity index is 676. The van der Waals surface area contributed by atoms with Crippen LogP contribution < -0.4 is 11.1 Å². The van der Waals surface area contributed by atoms with E-state index in [-0.39, 0.29) is 30.5 Å². The molecule has 136 valence electrons. The van der Waals surface area contributed by atoms with Crippen molar-refractivity contribution in [3.05, 3.63) is 24.0 Å². The van der Waals surface area contributed by atoms with Crippen molar-refractivity contribution in [2.24, 2.45) is 11.7 Å². The van der Waals surface area contributed by atoms with Crippen LogP contribution in [0.15, 0.2) is 18.5 Å². The van der Waals surface area contributed by atoms with Gasteiger partial charge in [-0.3, -0.25) is 19.4 Å². The molecule has 3 amide bonds. The second-order valence-corrected chi connectivity index (χ2v) is 6.89. The summed E-state index contributed by atoms with van der Waals surface area (Å²) in [6.45, 7) is 0.632. The van der Waals surface area contributed by atoms with Gasteiger partial charge in [0.1, 0.15) is 0 Å². The number of amides is 3. The standard InChI is InChI=1S/C18H24N4O3.Li.H/c19-16(23)13-9-14(11-20-10-13)21-17(24)18(25)22-8-4-3-7-15(22)12-5-1-2-6-12;;/h9-12,15H,1-8H2,(H2,19,23)(H,21,24);;. The van der Waals surface area contributed by atoms with E-state index in [2.05, 4.69) is 10.3 Å². The van der Waals surface area contributed by atoms with Gasteiger partial charge in [-0.05, 0) is 44.1 Å². The minimum atomic E-state index is -0.687. The summed E-state index contributed by atoms with van der Waals surface area (Å²) in [5.74, 6) is -1.31. The van der Waals surface area contributed by atoms with Gasteiger partial charge in [-0.25, -0.2) is 0 Å². The van der Waals surface area contributed by atoms with Gasteiger partial charge in [-0.1, -0.05) is 12.8 Å². The van der Waals surface area contributed by atoms with Gasteiger partial charge in [0.15, 0.2) is 0 Å². The van der Waals surface area contributed by atoms with Crippen molar-refractivity contribution in [2.75, 3.05) is 11.9 Å². The first-order valence-corrected chi connectivity index (χ1v) is 8.93. The van der Waals surface area contributed by atoms with Crippen LogP contribution in [-0.4, -0.2) is 59.1 Å². The third kappa shape index (κ3) is 4.66. The fraction of sp³-hybridized carbons (Fsp3) is 0.556. The molecule has 3 rings (SSSR count). The van der Waals surface area contributed by atoms with E-state index in [1.54, 1.807) is 4.90 Å². The third-order valence-electron chi connectivity index (χ3n) is 5.23. The van der Waals surface area contributed by atoms with Crippen molar-refractivity contribution < 1.29 is 14.4 Å². The molecular formula is C18H25LiN4O3. The van der Waals surface area contributed by atoms with Crippen LogP contribution in [0.3, 0.4) is 0 Å². The van der Waals surface area contributed by atoms with Crippen molar-refractivity contribution >= 4 is 42.3 Å². The van der Waals surface area contributed by atoms with Gasteiger partial charge < -0.3 is 16.0 Å². The van der Waals surface area contributed by atoms with E-state index in [9.17, 15) is 14.4 Å². The number of hydrogen-bond donors (Lipinski definition) is 2. The van der Waals surface area contributed by atoms with Crippen molar-refractivity contribution in [2.45, 2.75) is 51.0 Å². The van der Waals surface area contributed by atoms with Gasteiger partial charge in [0, 0.05) is 18.8 Å². The maximum atomic E-state index is 12.7. The molecule has 8 heteroatoms. The van der Waals surface area contributed by atoms with Crippen LogP contribution in [0.1, 0.15) is 55.3 Å². The summed E-state index contributed by atoms with van der Waals surface area (Å²) < 4.78 is 0. The molecule has 1 saturated carbocycles. The number of piperidine rings is 1. The Kier molecular flexibility index (Phi) is 7.24. The SMILES string of the molecule is NC(=O)c1cncc(NC(=O)C(=O)N2CCCCC2C2CCCC2)c1.[LiH]. The molecule has 2 fully saturated rings. The molecule has 26 heavy (non-hydrogen) atoms. The van der Waals surface area contributed by atoms with E-state index in [0.717, 1.165) is 32.1 Å². The van der Waals surface area contributed by atoms with Crippen LogP contribution >= 0.6 is 0 Å². The Morgan fingerprint density at radius 2 is 1.77 bits per heavy atom. The molecule has 1 aliphatic carbocycles. The number of carbonyl (C=O) groups excluding carboxylic acids is 3. The monoisotopic (exact) mass is 352 g/mol. The summed E-state index contributed by atoms with van der Waals surface area (Å²) in [6.07, 6.45) is 10.4. The van der Waals surface area contributed by atoms with Gasteiger partial charge in [0.05, 0.1) is 17.4 Å². The Morgan fingerprint density at radius 3 is 2.46 bits per heavy atom. The van der Waals surface area contributed by atoms with Gasteiger partial charge in [0.25, 0.3) is 0 Å². The number of pyridine rings is 1. The summed E-state index contributed by atoms with van der Waals surface area (Å²) in [5, 5.41) is 2.54. The molecule has 0 spiro atoms. The first-order valence-electron chi connectivity index (χ1n) is 8.93. The molecule has 0 bridgehead atoms. The zero-order valence-corrected chi connectivity index (χ0v) is 14.2. The quantitative estimate of drug-likeness (QED) is 0.626. The van der Waals surface area contributed by atoms with Crippen molar-refractivity contribution in [3.8, 4) is 0 Å². The van der Waals surface area contributed by atoms with Crippen molar-refractivity contribution in [1.82, 2.24) is 9.88 Å². The molecule has 0 radical (unpaired) electrons. The Morgan fingerprint density at radius 1 is 1.08 bits per heavy atom. The van der Waals surface area contributed by atoms with Gasteiger partial charge in [-0.15, -0.1) is 0 Å². The molecule has 7 nitrogen and oxygen atoms in total. The molecule has 1 aliphatic heterocycles. The number of nitrogens with zero attached hydrogens (tertiary/aromatic N) is 2. The maximum absolute atomic E-state index is 12.7. The van der Waals surface area contributed by atoms with Gasteiger partial charge in [0.2, 0.25) is 5.91 Å². The Balaban J connectivity index is 0.00000243. The first kappa shape index (κ1) is 20.5. The second-order valence-electron chi connectivity index (χ2n) is 6.89. The number of rotatable bonds is 3. The molecule has 0 aromatic carbocycles. The predicted octanol–water partition coefficient (Wildman–Crippen LogP) is 1.04. The molecule has 1 atom stereocenters. The second kappa shape index (κ2) is 9.20. The summed E-state index contributed by atoms with van der Waals surface area (Å²) in [7, 11) is 0. The Labute approximate surface area is 165 Å². The first-order chi connectivity index (χ1) is 12.1. The number of carbonyl (C=O) groups is 3. The number of nitrogens with one attached hydrogen (secondary N) is 1. The number of hydrogen-bond acceptors (Lipinski definition) is 4. The fourth-order valence-corrected chi connectivity index (χ4v) is 4.00. The van der Waals surface area contributed by atoms with E-state index < -0.39 is 17.7 Å². The van der Waals surface area contributed by atoms with Crippen LogP contribution in [0.4, 0.5) is 5.69 Å². The molecule has 1 unspecified atom stereocenters. The van der Waals surface area contributed by atoms with E-state index in [4.69, 9.17) is 5.73 Å². The summed E-state index contributed by atoms with van der Waals surface area (Å²) in [6, 6.07) is 1.59. The van der Waals surface area contributed by atoms with Crippen LogP contribution in [0.2, 0.25) is 0 Å². The number of anilines is 1. The molecule has 3 N–H and O–H groups in total. The van der Waals surface area contributed by atoms with E-state index >= 15 is 0 Å². The average Bonchev–Trinajstić information content (AvgIpc) is 3.15. The zero-order valence-electron chi connectivity index (χ0n) is 14.2. The topological polar surface area (TPSA) is 105 Å².